The summed E-state index contributed by atoms with van der Waals surface area (Å²) in [7, 11) is 0. The molecule has 0 aliphatic carbocycles. The topological polar surface area (TPSA) is 52.9 Å². The molecule has 1 atom stereocenters. The first-order chi connectivity index (χ1) is 7.60. The van der Waals surface area contributed by atoms with Crippen LogP contribution >= 0.6 is 0 Å². The molecular weight excluding hydrogens is 200 g/mol. The van der Waals surface area contributed by atoms with Gasteiger partial charge < -0.3 is 5.32 Å². The number of benzene rings is 1. The van der Waals surface area contributed by atoms with Crippen molar-refractivity contribution in [3.8, 4) is 6.07 Å². The lowest BCUT2D eigenvalue weighted by Gasteiger charge is -2.12. The lowest BCUT2D eigenvalue weighted by molar-refractivity contribution is 0.0943. The van der Waals surface area contributed by atoms with Gasteiger partial charge in [-0.3, -0.25) is 4.79 Å². The fourth-order valence-electron chi connectivity index (χ4n) is 1.63. The lowest BCUT2D eigenvalue weighted by atomic mass is 10.0. The van der Waals surface area contributed by atoms with Crippen molar-refractivity contribution in [2.24, 2.45) is 0 Å². The van der Waals surface area contributed by atoms with Crippen molar-refractivity contribution < 1.29 is 4.79 Å². The smallest absolute Gasteiger partial charge is 0.252 e. The van der Waals surface area contributed by atoms with Gasteiger partial charge >= 0.3 is 0 Å². The molecule has 0 heterocycles. The van der Waals surface area contributed by atoms with E-state index in [9.17, 15) is 4.79 Å². The minimum atomic E-state index is -0.411. The number of nitriles is 1. The highest BCUT2D eigenvalue weighted by Gasteiger charge is 2.14. The molecule has 16 heavy (non-hydrogen) atoms. The molecule has 84 valence electrons. The second kappa shape index (κ2) is 5.32. The molecule has 0 spiro atoms. The second-order valence-corrected chi connectivity index (χ2v) is 3.83. The van der Waals surface area contributed by atoms with E-state index in [-0.39, 0.29) is 5.91 Å². The Hall–Kier alpha value is -1.82. The van der Waals surface area contributed by atoms with Gasteiger partial charge in [-0.05, 0) is 31.4 Å². The van der Waals surface area contributed by atoms with Crippen molar-refractivity contribution in [2.75, 3.05) is 0 Å². The van der Waals surface area contributed by atoms with Crippen LogP contribution in [0.5, 0.6) is 0 Å². The summed E-state index contributed by atoms with van der Waals surface area (Å²) in [5.74, 6) is -0.163. The van der Waals surface area contributed by atoms with Crippen molar-refractivity contribution in [3.05, 3.63) is 34.9 Å². The summed E-state index contributed by atoms with van der Waals surface area (Å²) in [5.41, 5.74) is 2.55. The van der Waals surface area contributed by atoms with Gasteiger partial charge in [-0.1, -0.05) is 25.1 Å². The Balaban J connectivity index is 2.94. The van der Waals surface area contributed by atoms with Crippen molar-refractivity contribution >= 4 is 5.91 Å². The van der Waals surface area contributed by atoms with Crippen molar-refractivity contribution in [3.63, 3.8) is 0 Å². The molecule has 1 N–H and O–H groups in total. The van der Waals surface area contributed by atoms with Gasteiger partial charge in [0.25, 0.3) is 5.91 Å². The zero-order chi connectivity index (χ0) is 12.1. The molecule has 1 rings (SSSR count). The predicted molar refractivity (Wildman–Crippen MR) is 63.1 cm³/mol. The Morgan fingerprint density at radius 1 is 1.44 bits per heavy atom. The number of amides is 1. The molecule has 0 aliphatic heterocycles. The quantitative estimate of drug-likeness (QED) is 0.843. The molecule has 0 bridgehead atoms. The van der Waals surface area contributed by atoms with Gasteiger partial charge in [0.1, 0.15) is 6.04 Å². The molecule has 0 fully saturated rings. The van der Waals surface area contributed by atoms with Gasteiger partial charge in [-0.2, -0.15) is 5.26 Å². The first-order valence-electron chi connectivity index (χ1n) is 5.36. The number of carbonyl (C=O) groups is 1. The zero-order valence-electron chi connectivity index (χ0n) is 9.87. The van der Waals surface area contributed by atoms with Gasteiger partial charge in [0.15, 0.2) is 0 Å². The van der Waals surface area contributed by atoms with Crippen LogP contribution in [0.25, 0.3) is 0 Å². The Labute approximate surface area is 96.1 Å². The lowest BCUT2D eigenvalue weighted by Crippen LogP contribution is -2.34. The third-order valence-electron chi connectivity index (χ3n) is 2.58. The summed E-state index contributed by atoms with van der Waals surface area (Å²) in [6.45, 7) is 5.67. The van der Waals surface area contributed by atoms with E-state index < -0.39 is 6.04 Å². The van der Waals surface area contributed by atoms with Crippen molar-refractivity contribution in [1.29, 1.82) is 5.26 Å². The number of nitrogens with zero attached hydrogens (tertiary/aromatic N) is 1. The zero-order valence-corrected chi connectivity index (χ0v) is 9.87. The molecule has 0 unspecified atom stereocenters. The van der Waals surface area contributed by atoms with Gasteiger partial charge in [0.05, 0.1) is 6.07 Å². The van der Waals surface area contributed by atoms with E-state index in [0.29, 0.717) is 12.0 Å². The molecule has 1 aromatic rings. The number of rotatable bonds is 3. The molecule has 0 aromatic heterocycles. The number of nitrogens with one attached hydrogen (secondary N) is 1. The average Bonchev–Trinajstić information content (AvgIpc) is 2.25. The minimum Gasteiger partial charge on any atom is -0.336 e. The summed E-state index contributed by atoms with van der Waals surface area (Å²) in [4.78, 5) is 12.0. The number of hydrogen-bond acceptors (Lipinski definition) is 2. The van der Waals surface area contributed by atoms with Gasteiger partial charge in [0.2, 0.25) is 0 Å². The fraction of sp³-hybridized carbons (Fsp3) is 0.385. The molecule has 0 radical (unpaired) electrons. The standard InChI is InChI=1S/C13H16N2O/c1-4-11(8-14)15-13(16)12-9(2)6-5-7-10(12)3/h5-7,11H,4H2,1-3H3,(H,15,16)/t11-/m0/s1. The Bertz CT molecular complexity index is 412. The van der Waals surface area contributed by atoms with Crippen LogP contribution < -0.4 is 5.32 Å². The van der Waals surface area contributed by atoms with Crippen LogP contribution in [0.4, 0.5) is 0 Å². The first-order valence-corrected chi connectivity index (χ1v) is 5.36. The highest BCUT2D eigenvalue weighted by atomic mass is 16.1. The molecule has 1 amide bonds. The van der Waals surface area contributed by atoms with Crippen molar-refractivity contribution in [1.82, 2.24) is 5.32 Å². The summed E-state index contributed by atoms with van der Waals surface area (Å²) in [6, 6.07) is 7.36. The Kier molecular flexibility index (Phi) is 4.07. The molecular formula is C13H16N2O. The van der Waals surface area contributed by atoms with Gasteiger partial charge in [0, 0.05) is 5.56 Å². The van der Waals surface area contributed by atoms with E-state index in [0.717, 1.165) is 11.1 Å². The summed E-state index contributed by atoms with van der Waals surface area (Å²) >= 11 is 0. The summed E-state index contributed by atoms with van der Waals surface area (Å²) < 4.78 is 0. The Morgan fingerprint density at radius 2 is 2.00 bits per heavy atom. The molecule has 3 heteroatoms. The number of aryl methyl sites for hydroxylation is 2. The largest absolute Gasteiger partial charge is 0.336 e. The third kappa shape index (κ3) is 2.60. The van der Waals surface area contributed by atoms with E-state index in [2.05, 4.69) is 11.4 Å². The van der Waals surface area contributed by atoms with Crippen LogP contribution in [0.15, 0.2) is 18.2 Å². The van der Waals surface area contributed by atoms with E-state index in [4.69, 9.17) is 5.26 Å². The van der Waals surface area contributed by atoms with Crippen LogP contribution in [0.3, 0.4) is 0 Å². The van der Waals surface area contributed by atoms with E-state index >= 15 is 0 Å². The van der Waals surface area contributed by atoms with Crippen LogP contribution in [-0.4, -0.2) is 11.9 Å². The van der Waals surface area contributed by atoms with Crippen molar-refractivity contribution in [2.45, 2.75) is 33.2 Å². The first kappa shape index (κ1) is 12.3. The maximum atomic E-state index is 12.0. The number of hydrogen-bond donors (Lipinski definition) is 1. The second-order valence-electron chi connectivity index (χ2n) is 3.83. The van der Waals surface area contributed by atoms with Crippen LogP contribution in [0.2, 0.25) is 0 Å². The van der Waals surface area contributed by atoms with Gasteiger partial charge in [-0.25, -0.2) is 0 Å². The minimum absolute atomic E-state index is 0.163. The van der Waals surface area contributed by atoms with E-state index in [1.165, 1.54) is 0 Å². The molecule has 1 aromatic carbocycles. The molecule has 0 saturated carbocycles. The average molecular weight is 216 g/mol. The maximum Gasteiger partial charge on any atom is 0.252 e. The molecule has 0 saturated heterocycles. The van der Waals surface area contributed by atoms with Crippen LogP contribution in [0, 0.1) is 25.2 Å². The third-order valence-corrected chi connectivity index (χ3v) is 2.58. The Morgan fingerprint density at radius 3 is 2.44 bits per heavy atom. The van der Waals surface area contributed by atoms with E-state index in [1.807, 2.05) is 39.0 Å². The fourth-order valence-corrected chi connectivity index (χ4v) is 1.63. The van der Waals surface area contributed by atoms with Crippen LogP contribution in [-0.2, 0) is 0 Å². The summed E-state index contributed by atoms with van der Waals surface area (Å²) in [6.07, 6.45) is 0.618. The predicted octanol–water partition coefficient (Wildman–Crippen LogP) is 2.34. The highest BCUT2D eigenvalue weighted by Crippen LogP contribution is 2.13. The van der Waals surface area contributed by atoms with Gasteiger partial charge in [-0.15, -0.1) is 0 Å². The summed E-state index contributed by atoms with van der Waals surface area (Å²) in [5, 5.41) is 11.5. The highest BCUT2D eigenvalue weighted by molar-refractivity contribution is 5.97. The maximum absolute atomic E-state index is 12.0. The van der Waals surface area contributed by atoms with E-state index in [1.54, 1.807) is 0 Å². The number of carbonyl (C=O) groups excluding carboxylic acids is 1. The monoisotopic (exact) mass is 216 g/mol. The molecule has 0 aliphatic rings. The normalized spacial score (nSPS) is 11.6. The van der Waals surface area contributed by atoms with Crippen LogP contribution in [0.1, 0.15) is 34.8 Å². The molecule has 3 nitrogen and oxygen atoms in total. The SMILES string of the molecule is CC[C@@H](C#N)NC(=O)c1c(C)cccc1C.